The molecule has 0 fully saturated rings. The molecule has 4 nitrogen and oxygen atoms in total. The van der Waals surface area contributed by atoms with Gasteiger partial charge in [0, 0.05) is 34.4 Å². The maximum absolute atomic E-state index is 4.89. The van der Waals surface area contributed by atoms with Gasteiger partial charge in [0.25, 0.3) is 0 Å². The van der Waals surface area contributed by atoms with Crippen LogP contribution in [0, 0.1) is 0 Å². The molecule has 0 radical (unpaired) electrons. The van der Waals surface area contributed by atoms with Crippen molar-refractivity contribution >= 4 is 5.96 Å². The van der Waals surface area contributed by atoms with E-state index in [0.29, 0.717) is 0 Å². The monoisotopic (exact) mass is 159 g/mol. The Kier molecular flexibility index (Phi) is 6.82. The van der Waals surface area contributed by atoms with Gasteiger partial charge in [0.05, 0.1) is 0 Å². The molecule has 0 aliphatic carbocycles. The Bertz CT molecular complexity index is 114. The van der Waals surface area contributed by atoms with Gasteiger partial charge < -0.3 is 15.4 Å². The lowest BCUT2D eigenvalue weighted by atomic mass is 10.4. The predicted molar refractivity (Wildman–Crippen MR) is 46.9 cm³/mol. The van der Waals surface area contributed by atoms with E-state index >= 15 is 0 Å². The lowest BCUT2D eigenvalue weighted by Gasteiger charge is -2.06. The lowest BCUT2D eigenvalue weighted by Crippen LogP contribution is -2.35. The molecule has 0 aliphatic heterocycles. The van der Waals surface area contributed by atoms with Gasteiger partial charge in [-0.2, -0.15) is 0 Å². The van der Waals surface area contributed by atoms with E-state index in [1.165, 1.54) is 0 Å². The van der Waals surface area contributed by atoms with E-state index in [4.69, 9.17) is 4.74 Å². The number of nitrogens with one attached hydrogen (secondary N) is 2. The Hall–Kier alpha value is -0.770. The number of nitrogens with zero attached hydrogens (tertiary/aromatic N) is 1. The van der Waals surface area contributed by atoms with Crippen molar-refractivity contribution < 1.29 is 4.74 Å². The molecular weight excluding hydrogens is 142 g/mol. The fourth-order valence-electron chi connectivity index (χ4n) is 0.703. The molecule has 0 amide bonds. The summed E-state index contributed by atoms with van der Waals surface area (Å²) in [6.45, 7) is 1.68. The molecule has 0 bridgehead atoms. The Morgan fingerprint density at radius 2 is 2.27 bits per heavy atom. The summed E-state index contributed by atoms with van der Waals surface area (Å²) < 4.78 is 4.89. The summed E-state index contributed by atoms with van der Waals surface area (Å²) in [7, 11) is 5.29. The summed E-state index contributed by atoms with van der Waals surface area (Å²) in [6.07, 6.45) is 0.997. The second kappa shape index (κ2) is 7.34. The first-order valence-corrected chi connectivity index (χ1v) is 3.72. The number of rotatable bonds is 4. The van der Waals surface area contributed by atoms with Gasteiger partial charge in [0.15, 0.2) is 5.96 Å². The second-order valence-corrected chi connectivity index (χ2v) is 2.10. The quantitative estimate of drug-likeness (QED) is 0.340. The second-order valence-electron chi connectivity index (χ2n) is 2.10. The summed E-state index contributed by atoms with van der Waals surface area (Å²) >= 11 is 0. The zero-order chi connectivity index (χ0) is 8.53. The summed E-state index contributed by atoms with van der Waals surface area (Å²) in [4.78, 5) is 3.96. The molecule has 0 atom stereocenters. The van der Waals surface area contributed by atoms with Crippen LogP contribution in [-0.2, 0) is 4.74 Å². The van der Waals surface area contributed by atoms with Gasteiger partial charge in [0.2, 0.25) is 0 Å². The molecule has 0 aromatic carbocycles. The molecule has 0 aromatic heterocycles. The van der Waals surface area contributed by atoms with E-state index in [2.05, 4.69) is 15.6 Å². The normalized spacial score (nSPS) is 11.4. The van der Waals surface area contributed by atoms with Gasteiger partial charge >= 0.3 is 0 Å². The first kappa shape index (κ1) is 10.2. The lowest BCUT2D eigenvalue weighted by molar-refractivity contribution is 0.195. The molecule has 0 rings (SSSR count). The van der Waals surface area contributed by atoms with Crippen LogP contribution in [0.25, 0.3) is 0 Å². The molecule has 66 valence electrons. The van der Waals surface area contributed by atoms with Crippen LogP contribution in [0.4, 0.5) is 0 Å². The topological polar surface area (TPSA) is 45.7 Å². The molecule has 0 spiro atoms. The molecule has 0 saturated heterocycles. The largest absolute Gasteiger partial charge is 0.385 e. The Balaban J connectivity index is 3.22. The standard InChI is InChI=1S/C7H17N3O/c1-8-7(9-2)10-5-4-6-11-3/h4-6H2,1-3H3,(H2,8,9,10). The van der Waals surface area contributed by atoms with Crippen LogP contribution < -0.4 is 10.6 Å². The predicted octanol–water partition coefficient (Wildman–Crippen LogP) is -0.182. The Morgan fingerprint density at radius 3 is 2.73 bits per heavy atom. The van der Waals surface area contributed by atoms with Crippen LogP contribution in [0.5, 0.6) is 0 Å². The minimum absolute atomic E-state index is 0.785. The number of hydrogen-bond donors (Lipinski definition) is 2. The number of aliphatic imine (C=N–C) groups is 1. The molecule has 0 heterocycles. The average Bonchev–Trinajstić information content (AvgIpc) is 2.05. The molecule has 2 N–H and O–H groups in total. The van der Waals surface area contributed by atoms with Gasteiger partial charge in [-0.05, 0) is 6.42 Å². The van der Waals surface area contributed by atoms with E-state index < -0.39 is 0 Å². The molecule has 11 heavy (non-hydrogen) atoms. The fraction of sp³-hybridized carbons (Fsp3) is 0.857. The Morgan fingerprint density at radius 1 is 1.55 bits per heavy atom. The molecule has 0 unspecified atom stereocenters. The number of guanidine groups is 1. The third kappa shape index (κ3) is 5.66. The van der Waals surface area contributed by atoms with Crippen molar-refractivity contribution in [3.05, 3.63) is 0 Å². The van der Waals surface area contributed by atoms with Crippen molar-refractivity contribution in [1.29, 1.82) is 0 Å². The van der Waals surface area contributed by atoms with Crippen LogP contribution in [0.2, 0.25) is 0 Å². The first-order chi connectivity index (χ1) is 5.35. The van der Waals surface area contributed by atoms with Crippen LogP contribution in [0.15, 0.2) is 4.99 Å². The average molecular weight is 159 g/mol. The van der Waals surface area contributed by atoms with E-state index in [1.807, 2.05) is 7.05 Å². The van der Waals surface area contributed by atoms with E-state index in [0.717, 1.165) is 25.5 Å². The van der Waals surface area contributed by atoms with Crippen LogP contribution in [-0.4, -0.2) is 40.3 Å². The zero-order valence-electron chi connectivity index (χ0n) is 7.48. The fourth-order valence-corrected chi connectivity index (χ4v) is 0.703. The van der Waals surface area contributed by atoms with Crippen molar-refractivity contribution in [3.63, 3.8) is 0 Å². The summed E-state index contributed by atoms with van der Waals surface area (Å²) in [5.41, 5.74) is 0. The number of ether oxygens (including phenoxy) is 1. The number of methoxy groups -OCH3 is 1. The van der Waals surface area contributed by atoms with E-state index in [-0.39, 0.29) is 0 Å². The third-order valence-electron chi connectivity index (χ3n) is 1.28. The van der Waals surface area contributed by atoms with Crippen molar-refractivity contribution in [2.24, 2.45) is 4.99 Å². The highest BCUT2D eigenvalue weighted by Crippen LogP contribution is 1.76. The molecular formula is C7H17N3O. The molecule has 4 heteroatoms. The highest BCUT2D eigenvalue weighted by atomic mass is 16.5. The number of hydrogen-bond acceptors (Lipinski definition) is 2. The summed E-state index contributed by atoms with van der Waals surface area (Å²) in [6, 6.07) is 0. The minimum atomic E-state index is 0.785. The van der Waals surface area contributed by atoms with Crippen molar-refractivity contribution in [2.45, 2.75) is 6.42 Å². The van der Waals surface area contributed by atoms with Gasteiger partial charge in [-0.3, -0.25) is 4.99 Å². The van der Waals surface area contributed by atoms with Crippen molar-refractivity contribution in [2.75, 3.05) is 34.4 Å². The highest BCUT2D eigenvalue weighted by Gasteiger charge is 1.90. The van der Waals surface area contributed by atoms with Gasteiger partial charge in [-0.25, -0.2) is 0 Å². The maximum Gasteiger partial charge on any atom is 0.190 e. The van der Waals surface area contributed by atoms with Gasteiger partial charge in [0.1, 0.15) is 0 Å². The third-order valence-corrected chi connectivity index (χ3v) is 1.28. The van der Waals surface area contributed by atoms with Gasteiger partial charge in [-0.15, -0.1) is 0 Å². The van der Waals surface area contributed by atoms with E-state index in [9.17, 15) is 0 Å². The maximum atomic E-state index is 4.89. The highest BCUT2D eigenvalue weighted by molar-refractivity contribution is 5.79. The molecule has 0 aliphatic rings. The summed E-state index contributed by atoms with van der Waals surface area (Å²) in [5, 5.41) is 6.04. The van der Waals surface area contributed by atoms with Crippen LogP contribution in [0.3, 0.4) is 0 Å². The molecule has 0 saturated carbocycles. The Labute approximate surface area is 68.0 Å². The van der Waals surface area contributed by atoms with E-state index in [1.54, 1.807) is 14.2 Å². The van der Waals surface area contributed by atoms with Crippen molar-refractivity contribution in [3.8, 4) is 0 Å². The van der Waals surface area contributed by atoms with Crippen LogP contribution >= 0.6 is 0 Å². The van der Waals surface area contributed by atoms with Crippen LogP contribution in [0.1, 0.15) is 6.42 Å². The minimum Gasteiger partial charge on any atom is -0.385 e. The van der Waals surface area contributed by atoms with Crippen molar-refractivity contribution in [1.82, 2.24) is 10.6 Å². The zero-order valence-corrected chi connectivity index (χ0v) is 7.48. The SMILES string of the molecule is CN=C(NC)NCCCOC. The van der Waals surface area contributed by atoms with Gasteiger partial charge in [-0.1, -0.05) is 0 Å². The molecule has 0 aromatic rings. The first-order valence-electron chi connectivity index (χ1n) is 3.72. The smallest absolute Gasteiger partial charge is 0.190 e. The summed E-state index contributed by atoms with van der Waals surface area (Å²) in [5.74, 6) is 0.820.